The van der Waals surface area contributed by atoms with Gasteiger partial charge in [0.25, 0.3) is 0 Å². The molecule has 29 heavy (non-hydrogen) atoms. The second-order valence-corrected chi connectivity index (χ2v) is 9.11. The highest BCUT2D eigenvalue weighted by atomic mass is 19.1. The van der Waals surface area contributed by atoms with E-state index in [9.17, 15) is 14.4 Å². The molecule has 4 unspecified atom stereocenters. The normalized spacial score (nSPS) is 35.9. The van der Waals surface area contributed by atoms with Gasteiger partial charge < -0.3 is 5.32 Å². The maximum Gasteiger partial charge on any atom is 0.229 e. The van der Waals surface area contributed by atoms with Crippen molar-refractivity contribution < 1.29 is 9.18 Å². The molecule has 1 aliphatic heterocycles. The van der Waals surface area contributed by atoms with Gasteiger partial charge in [-0.3, -0.25) is 15.5 Å². The number of guanidine groups is 1. The van der Waals surface area contributed by atoms with Crippen molar-refractivity contribution in [3.05, 3.63) is 0 Å². The molecular weight excluding hydrogens is 371 g/mol. The Labute approximate surface area is 173 Å². The molecule has 4 N–H and O–H groups in total. The summed E-state index contributed by atoms with van der Waals surface area (Å²) in [6.45, 7) is 4.01. The number of carbonyl (C=O) groups excluding carboxylic acids is 1. The van der Waals surface area contributed by atoms with Crippen LogP contribution in [0, 0.1) is 29.1 Å². The van der Waals surface area contributed by atoms with E-state index in [0.717, 1.165) is 38.5 Å². The number of alkyl halides is 1. The molecule has 1 amide bonds. The lowest BCUT2D eigenvalue weighted by atomic mass is 9.82. The summed E-state index contributed by atoms with van der Waals surface area (Å²) in [6.07, 6.45) is 6.40. The Morgan fingerprint density at radius 3 is 2.59 bits per heavy atom. The molecule has 0 aromatic carbocycles. The van der Waals surface area contributed by atoms with E-state index in [1.807, 2.05) is 13.8 Å². The molecule has 2 saturated carbocycles. The topological polar surface area (TPSA) is 101 Å². The van der Waals surface area contributed by atoms with Crippen molar-refractivity contribution in [3.8, 4) is 6.07 Å². The first-order valence-electron chi connectivity index (χ1n) is 11.1. The summed E-state index contributed by atoms with van der Waals surface area (Å²) >= 11 is 0. The first-order chi connectivity index (χ1) is 13.9. The summed E-state index contributed by atoms with van der Waals surface area (Å²) < 4.78 is 13.4. The zero-order valence-electron chi connectivity index (χ0n) is 17.6. The highest BCUT2D eigenvalue weighted by molar-refractivity contribution is 5.98. The van der Waals surface area contributed by atoms with E-state index in [1.165, 1.54) is 0 Å². The average molecular weight is 407 g/mol. The molecule has 0 bridgehead atoms. The molecule has 0 radical (unpaired) electrons. The highest BCUT2D eigenvalue weighted by Gasteiger charge is 2.33. The molecule has 3 fully saturated rings. The Kier molecular flexibility index (Phi) is 7.84. The van der Waals surface area contributed by atoms with E-state index in [2.05, 4.69) is 27.6 Å². The summed E-state index contributed by atoms with van der Waals surface area (Å²) in [5.74, 6) is 0.734. The van der Waals surface area contributed by atoms with E-state index in [4.69, 9.17) is 4.99 Å². The van der Waals surface area contributed by atoms with Crippen LogP contribution in [0.1, 0.15) is 71.6 Å². The number of hydrazine groups is 1. The standard InChI is InChI=1S/C21H35FN6O/c1-13(2)24-21(26-20(29)16-5-3-4-14(10-16)12-23)25-19-11-18(27-28-19)15-6-8-17(22)9-7-15/h13-19,27-28H,3-11H2,1-2H3,(H2,24,25,26,29). The second kappa shape index (κ2) is 10.4. The van der Waals surface area contributed by atoms with Crippen LogP contribution in [0.2, 0.25) is 0 Å². The first kappa shape index (κ1) is 22.0. The minimum absolute atomic E-state index is 0.0289. The number of halogens is 1. The molecule has 3 aliphatic rings. The third kappa shape index (κ3) is 6.38. The van der Waals surface area contributed by atoms with Gasteiger partial charge in [-0.05, 0) is 64.7 Å². The lowest BCUT2D eigenvalue weighted by molar-refractivity contribution is -0.124. The smallest absolute Gasteiger partial charge is 0.229 e. The van der Waals surface area contributed by atoms with Gasteiger partial charge in [-0.1, -0.05) is 6.42 Å². The van der Waals surface area contributed by atoms with E-state index >= 15 is 0 Å². The number of carbonyl (C=O) groups is 1. The van der Waals surface area contributed by atoms with Gasteiger partial charge in [0.15, 0.2) is 5.96 Å². The molecule has 7 nitrogen and oxygen atoms in total. The zero-order valence-corrected chi connectivity index (χ0v) is 17.6. The Morgan fingerprint density at radius 2 is 1.90 bits per heavy atom. The fourth-order valence-electron chi connectivity index (χ4n) is 4.74. The Balaban J connectivity index is 1.57. The predicted molar refractivity (Wildman–Crippen MR) is 110 cm³/mol. The maximum atomic E-state index is 13.4. The van der Waals surface area contributed by atoms with Crippen molar-refractivity contribution >= 4 is 11.9 Å². The Bertz CT molecular complexity index is 625. The SMILES string of the molecule is CC(C)N/C(=N\C1CC(C2CCC(F)CC2)NN1)NC(=O)C1CCCC(C#N)C1. The fraction of sp³-hybridized carbons (Fsp3) is 0.857. The van der Waals surface area contributed by atoms with Crippen LogP contribution in [0.4, 0.5) is 4.39 Å². The summed E-state index contributed by atoms with van der Waals surface area (Å²) in [4.78, 5) is 17.5. The highest BCUT2D eigenvalue weighted by Crippen LogP contribution is 2.31. The molecular formula is C21H35FN6O. The van der Waals surface area contributed by atoms with Crippen LogP contribution in [0.5, 0.6) is 0 Å². The van der Waals surface area contributed by atoms with Gasteiger partial charge in [-0.15, -0.1) is 0 Å². The second-order valence-electron chi connectivity index (χ2n) is 9.11. The largest absolute Gasteiger partial charge is 0.354 e. The van der Waals surface area contributed by atoms with Gasteiger partial charge in [0.05, 0.1) is 6.07 Å². The van der Waals surface area contributed by atoms with E-state index < -0.39 is 6.17 Å². The number of nitriles is 1. The molecule has 3 rings (SSSR count). The summed E-state index contributed by atoms with van der Waals surface area (Å²) in [5.41, 5.74) is 6.55. The molecule has 2 aliphatic carbocycles. The van der Waals surface area contributed by atoms with Gasteiger partial charge in [-0.25, -0.2) is 14.8 Å². The zero-order chi connectivity index (χ0) is 20.8. The van der Waals surface area contributed by atoms with Gasteiger partial charge >= 0.3 is 0 Å². The van der Waals surface area contributed by atoms with Crippen LogP contribution in [0.3, 0.4) is 0 Å². The number of aliphatic imine (C=N–C) groups is 1. The van der Waals surface area contributed by atoms with Crippen LogP contribution in [-0.2, 0) is 4.79 Å². The number of hydrogen-bond donors (Lipinski definition) is 4. The van der Waals surface area contributed by atoms with Gasteiger partial charge in [0.2, 0.25) is 5.91 Å². The Hall–Kier alpha value is -1.72. The molecule has 0 aromatic rings. The molecule has 1 saturated heterocycles. The van der Waals surface area contributed by atoms with E-state index in [-0.39, 0.29) is 36.0 Å². The van der Waals surface area contributed by atoms with Crippen molar-refractivity contribution in [2.45, 2.75) is 96.1 Å². The van der Waals surface area contributed by atoms with E-state index in [1.54, 1.807) is 0 Å². The Morgan fingerprint density at radius 1 is 1.14 bits per heavy atom. The van der Waals surface area contributed by atoms with Crippen LogP contribution < -0.4 is 21.5 Å². The summed E-state index contributed by atoms with van der Waals surface area (Å²) in [7, 11) is 0. The molecule has 0 aromatic heterocycles. The number of rotatable bonds is 4. The third-order valence-electron chi connectivity index (χ3n) is 6.36. The van der Waals surface area contributed by atoms with Crippen molar-refractivity contribution in [1.29, 1.82) is 5.26 Å². The monoisotopic (exact) mass is 406 g/mol. The van der Waals surface area contributed by atoms with Gasteiger partial charge in [0, 0.05) is 30.3 Å². The minimum Gasteiger partial charge on any atom is -0.354 e. The summed E-state index contributed by atoms with van der Waals surface area (Å²) in [5, 5.41) is 15.4. The lowest BCUT2D eigenvalue weighted by Crippen LogP contribution is -2.48. The molecule has 0 spiro atoms. The molecule has 162 valence electrons. The molecule has 1 heterocycles. The first-order valence-corrected chi connectivity index (χ1v) is 11.1. The average Bonchev–Trinajstić information content (AvgIpc) is 3.16. The van der Waals surface area contributed by atoms with Gasteiger partial charge in [0.1, 0.15) is 12.3 Å². The van der Waals surface area contributed by atoms with Crippen LogP contribution in [0.15, 0.2) is 4.99 Å². The van der Waals surface area contributed by atoms with Crippen LogP contribution >= 0.6 is 0 Å². The number of nitrogens with zero attached hydrogens (tertiary/aromatic N) is 2. The molecule has 8 heteroatoms. The number of amides is 1. The number of nitrogens with one attached hydrogen (secondary N) is 4. The quantitative estimate of drug-likeness (QED) is 0.424. The maximum absolute atomic E-state index is 13.4. The lowest BCUT2D eigenvalue weighted by Gasteiger charge is -2.28. The van der Waals surface area contributed by atoms with Crippen molar-refractivity contribution in [2.24, 2.45) is 22.7 Å². The summed E-state index contributed by atoms with van der Waals surface area (Å²) in [6, 6.07) is 2.72. The van der Waals surface area contributed by atoms with E-state index in [0.29, 0.717) is 31.1 Å². The fourth-order valence-corrected chi connectivity index (χ4v) is 4.74. The number of hydrogen-bond acceptors (Lipinski definition) is 5. The third-order valence-corrected chi connectivity index (χ3v) is 6.36. The van der Waals surface area contributed by atoms with Crippen LogP contribution in [0.25, 0.3) is 0 Å². The minimum atomic E-state index is -0.646. The van der Waals surface area contributed by atoms with Crippen molar-refractivity contribution in [2.75, 3.05) is 0 Å². The van der Waals surface area contributed by atoms with Crippen molar-refractivity contribution in [3.63, 3.8) is 0 Å². The van der Waals surface area contributed by atoms with Crippen LogP contribution in [-0.4, -0.2) is 36.3 Å². The van der Waals surface area contributed by atoms with Gasteiger partial charge in [-0.2, -0.15) is 5.26 Å². The van der Waals surface area contributed by atoms with Crippen molar-refractivity contribution in [1.82, 2.24) is 21.5 Å². The predicted octanol–water partition coefficient (Wildman–Crippen LogP) is 2.51. The molecule has 4 atom stereocenters.